The highest BCUT2D eigenvalue weighted by atomic mass is 35.5. The molecule has 4 aliphatic heterocycles. The summed E-state index contributed by atoms with van der Waals surface area (Å²) < 4.78 is 80.5. The van der Waals surface area contributed by atoms with E-state index in [1.54, 1.807) is 6.92 Å². The number of nitrogens with one attached hydrogen (secondary N) is 1. The third kappa shape index (κ3) is 7.67. The van der Waals surface area contributed by atoms with Crippen LogP contribution in [0.15, 0.2) is 36.2 Å². The smallest absolute Gasteiger partial charge is 0.267 e. The molecule has 0 radical (unpaired) electrons. The van der Waals surface area contributed by atoms with Gasteiger partial charge in [-0.05, 0) is 92.3 Å². The number of halogens is 3. The van der Waals surface area contributed by atoms with Gasteiger partial charge in [0, 0.05) is 52.0 Å². The molecule has 4 heterocycles. The molecule has 4 atom stereocenters. The molecule has 0 unspecified atom stereocenters. The minimum Gasteiger partial charge on any atom is -0.487 e. The van der Waals surface area contributed by atoms with Gasteiger partial charge in [-0.15, -0.1) is 0 Å². The molecule has 1 fully saturated rings. The van der Waals surface area contributed by atoms with Gasteiger partial charge in [-0.3, -0.25) is 14.5 Å². The van der Waals surface area contributed by atoms with Crippen LogP contribution >= 0.6 is 11.6 Å². The molecular weight excluding hydrogens is 730 g/mol. The Labute approximate surface area is 315 Å². The van der Waals surface area contributed by atoms with Gasteiger partial charge in [-0.1, -0.05) is 24.6 Å². The molecule has 0 saturated carbocycles. The molecule has 1 spiro atoms. The van der Waals surface area contributed by atoms with Crippen LogP contribution in [0.1, 0.15) is 73.0 Å². The average molecular weight is 779 g/mol. The summed E-state index contributed by atoms with van der Waals surface area (Å²) in [6, 6.07) is 5.11. The number of fused-ring (bicyclic) bond motifs is 1. The molecule has 2 amide bonds. The van der Waals surface area contributed by atoms with Crippen molar-refractivity contribution in [3.05, 3.63) is 69.3 Å². The van der Waals surface area contributed by atoms with E-state index in [-0.39, 0.29) is 57.3 Å². The van der Waals surface area contributed by atoms with E-state index in [0.717, 1.165) is 23.1 Å². The second-order valence-corrected chi connectivity index (χ2v) is 17.0. The zero-order chi connectivity index (χ0) is 38.1. The van der Waals surface area contributed by atoms with E-state index >= 15 is 8.78 Å². The number of sulfonamides is 1. The van der Waals surface area contributed by atoms with Crippen molar-refractivity contribution in [3.63, 3.8) is 0 Å². The monoisotopic (exact) mass is 778 g/mol. The first-order chi connectivity index (χ1) is 25.3. The van der Waals surface area contributed by atoms with Crippen molar-refractivity contribution in [2.75, 3.05) is 65.1 Å². The molecule has 4 aliphatic rings. The summed E-state index contributed by atoms with van der Waals surface area (Å²) in [5.74, 6) is -3.75. The van der Waals surface area contributed by atoms with Crippen LogP contribution in [0.3, 0.4) is 0 Å². The summed E-state index contributed by atoms with van der Waals surface area (Å²) in [7, 11) is -1.28. The van der Waals surface area contributed by atoms with Crippen LogP contribution < -0.4 is 14.4 Å². The van der Waals surface area contributed by atoms with Crippen LogP contribution in [0.2, 0.25) is 5.02 Å². The Hall–Kier alpha value is -3.30. The Kier molecular flexibility index (Phi) is 12.0. The molecule has 1 saturated heterocycles. The number of anilines is 1. The molecular formula is C38H49ClF2N4O7S. The van der Waals surface area contributed by atoms with Gasteiger partial charge in [0.2, 0.25) is 15.9 Å². The highest BCUT2D eigenvalue weighted by Gasteiger charge is 2.52. The second kappa shape index (κ2) is 16.2. The van der Waals surface area contributed by atoms with Crippen molar-refractivity contribution < 1.29 is 41.0 Å². The Morgan fingerprint density at radius 1 is 1.09 bits per heavy atom. The van der Waals surface area contributed by atoms with Crippen LogP contribution in [0.4, 0.5) is 14.5 Å². The van der Waals surface area contributed by atoms with E-state index in [0.29, 0.717) is 43.8 Å². The van der Waals surface area contributed by atoms with E-state index in [1.165, 1.54) is 44.3 Å². The lowest BCUT2D eigenvalue weighted by molar-refractivity contribution is -0.139. The minimum absolute atomic E-state index is 0.0119. The lowest BCUT2D eigenvalue weighted by atomic mass is 9.79. The third-order valence-corrected chi connectivity index (χ3v) is 13.5. The highest BCUT2D eigenvalue weighted by Crippen LogP contribution is 2.49. The van der Waals surface area contributed by atoms with Gasteiger partial charge >= 0.3 is 0 Å². The number of hydrogen-bond acceptors (Lipinski definition) is 9. The van der Waals surface area contributed by atoms with Crippen LogP contribution in [-0.2, 0) is 42.9 Å². The molecule has 2 aromatic rings. The zero-order valence-corrected chi connectivity index (χ0v) is 32.3. The number of carbonyl (C=O) groups excluding carboxylic acids is 2. The van der Waals surface area contributed by atoms with Gasteiger partial charge < -0.3 is 24.0 Å². The largest absolute Gasteiger partial charge is 0.487 e. The van der Waals surface area contributed by atoms with Gasteiger partial charge in [0.05, 0.1) is 29.6 Å². The van der Waals surface area contributed by atoms with Gasteiger partial charge in [-0.2, -0.15) is 0 Å². The SMILES string of the molecule is COCCN(CCOC)C(=O)[C@H]1/C(F)=C/C[C@H](C)[C@@H](C)S(=O)(=O)NC(=O)c2ccc3c(c2F)N2CCCCc4cc(Cl)cc(c4CO3)[C@]3(CCCN13)C2. The van der Waals surface area contributed by atoms with Gasteiger partial charge in [-0.25, -0.2) is 21.9 Å². The molecule has 11 nitrogen and oxygen atoms in total. The quantitative estimate of drug-likeness (QED) is 0.398. The first kappa shape index (κ1) is 39.4. The Morgan fingerprint density at radius 2 is 1.83 bits per heavy atom. The number of carbonyl (C=O) groups is 2. The number of rotatable bonds is 7. The van der Waals surface area contributed by atoms with Gasteiger partial charge in [0.25, 0.3) is 5.91 Å². The fraction of sp³-hybridized carbons (Fsp3) is 0.579. The van der Waals surface area contributed by atoms with E-state index in [2.05, 4.69) is 4.72 Å². The van der Waals surface area contributed by atoms with Crippen molar-refractivity contribution in [3.8, 4) is 5.75 Å². The van der Waals surface area contributed by atoms with E-state index in [9.17, 15) is 18.0 Å². The van der Waals surface area contributed by atoms with Crippen molar-refractivity contribution in [2.45, 2.75) is 75.8 Å². The van der Waals surface area contributed by atoms with Crippen molar-refractivity contribution in [1.82, 2.24) is 14.5 Å². The first-order valence-corrected chi connectivity index (χ1v) is 20.2. The van der Waals surface area contributed by atoms with E-state index in [4.69, 9.17) is 25.8 Å². The number of allylic oxidation sites excluding steroid dienone is 1. The molecule has 0 aliphatic carbocycles. The maximum atomic E-state index is 17.3. The van der Waals surface area contributed by atoms with Gasteiger partial charge in [0.15, 0.2) is 5.82 Å². The lowest BCUT2D eigenvalue weighted by Crippen LogP contribution is -2.59. The Bertz CT molecular complexity index is 1860. The van der Waals surface area contributed by atoms with Crippen molar-refractivity contribution in [2.24, 2.45) is 5.92 Å². The molecule has 2 aromatic carbocycles. The summed E-state index contributed by atoms with van der Waals surface area (Å²) in [5, 5.41) is -0.678. The molecule has 0 aromatic heterocycles. The zero-order valence-electron chi connectivity index (χ0n) is 30.8. The van der Waals surface area contributed by atoms with Gasteiger partial charge in [0.1, 0.15) is 29.9 Å². The average Bonchev–Trinajstić information content (AvgIpc) is 3.53. The summed E-state index contributed by atoms with van der Waals surface area (Å²) in [5.41, 5.74) is 1.10. The topological polar surface area (TPSA) is 118 Å². The van der Waals surface area contributed by atoms with Crippen LogP contribution in [0, 0.1) is 11.7 Å². The summed E-state index contributed by atoms with van der Waals surface area (Å²) in [6.45, 7) is 4.64. The maximum Gasteiger partial charge on any atom is 0.267 e. The molecule has 7 bridgehead atoms. The molecule has 15 heteroatoms. The first-order valence-electron chi connectivity index (χ1n) is 18.3. The lowest BCUT2D eigenvalue weighted by Gasteiger charge is -2.47. The Balaban J connectivity index is 1.65. The fourth-order valence-electron chi connectivity index (χ4n) is 8.30. The third-order valence-electron chi connectivity index (χ3n) is 11.4. The van der Waals surface area contributed by atoms with E-state index in [1.807, 2.05) is 21.9 Å². The number of aryl methyl sites for hydroxylation is 1. The minimum atomic E-state index is -4.34. The second-order valence-electron chi connectivity index (χ2n) is 14.6. The Morgan fingerprint density at radius 3 is 2.55 bits per heavy atom. The standard InChI is InChI=1S/C38H49ClF2N4O7S/c1-24-9-11-31(40)34(37(47)43(16-18-50-3)17-19-51-4)45-15-7-13-38(45)23-44-14-6-5-8-26-20-27(39)21-30(38)29(26)22-52-32-12-10-28(33(41)35(32)44)36(46)42-53(48,49)25(24)2/h10-12,20-21,24-25,34H,5-9,13-19,22-23H2,1-4H3,(H,42,46)/b31-11-/t24-,25+,34+,38-/m0/s1. The number of amides is 2. The summed E-state index contributed by atoms with van der Waals surface area (Å²) in [4.78, 5) is 33.7. The normalized spacial score (nSPS) is 26.9. The van der Waals surface area contributed by atoms with Crippen LogP contribution in [0.5, 0.6) is 5.75 Å². The fourth-order valence-corrected chi connectivity index (χ4v) is 9.82. The van der Waals surface area contributed by atoms with Crippen molar-refractivity contribution >= 4 is 39.1 Å². The molecule has 53 heavy (non-hydrogen) atoms. The number of methoxy groups -OCH3 is 2. The van der Waals surface area contributed by atoms with Crippen molar-refractivity contribution in [1.29, 1.82) is 0 Å². The predicted octanol–water partition coefficient (Wildman–Crippen LogP) is 5.34. The number of benzene rings is 2. The highest BCUT2D eigenvalue weighted by molar-refractivity contribution is 7.90. The summed E-state index contributed by atoms with van der Waals surface area (Å²) >= 11 is 6.88. The predicted molar refractivity (Wildman–Crippen MR) is 198 cm³/mol. The number of hydrogen-bond donors (Lipinski definition) is 1. The van der Waals surface area contributed by atoms with Crippen LogP contribution in [0.25, 0.3) is 0 Å². The molecule has 6 rings (SSSR count). The maximum absolute atomic E-state index is 17.3. The molecule has 290 valence electrons. The van der Waals surface area contributed by atoms with E-state index < -0.39 is 61.8 Å². The summed E-state index contributed by atoms with van der Waals surface area (Å²) in [6.07, 6.45) is 4.37. The van der Waals surface area contributed by atoms with Crippen LogP contribution in [-0.4, -0.2) is 101 Å². The molecule has 1 N–H and O–H groups in total. The number of nitrogens with zero attached hydrogens (tertiary/aromatic N) is 3. The number of ether oxygens (including phenoxy) is 3.